The Morgan fingerprint density at radius 3 is 1.40 bits per heavy atom. The molecule has 0 atom stereocenters. The first kappa shape index (κ1) is 32.4. The normalized spacial score (nSPS) is 15.6. The van der Waals surface area contributed by atoms with Gasteiger partial charge in [0, 0.05) is 64.5 Å². The van der Waals surface area contributed by atoms with Crippen LogP contribution >= 0.6 is 0 Å². The number of carbonyl (C=O) groups is 8. The zero-order chi connectivity index (χ0) is 29.7. The number of amides is 6. The Morgan fingerprint density at radius 1 is 0.600 bits per heavy atom. The summed E-state index contributed by atoms with van der Waals surface area (Å²) in [6, 6.07) is 0. The number of carboxylic acids is 2. The standard InChI is InChI=1S/C26H38N4O10/c31-18(27-16-6-1-2-10-24(37)38)8-3-4-9-19(32)28-17-7-5-15-26(25(39)40,29-20(33)11-12-21(29)34)30-22(35)13-14-23(30)36/h1-17H2,(H,27,31)(H,28,32)(H,37,38)(H,39,40). The van der Waals surface area contributed by atoms with Gasteiger partial charge in [-0.25, -0.2) is 14.6 Å². The second-order valence-corrected chi connectivity index (χ2v) is 9.94. The van der Waals surface area contributed by atoms with Crippen molar-refractivity contribution in [3.05, 3.63) is 0 Å². The quantitative estimate of drug-likeness (QED) is 0.127. The molecule has 0 saturated carbocycles. The molecule has 222 valence electrons. The first-order chi connectivity index (χ1) is 19.0. The molecule has 0 aromatic heterocycles. The molecule has 2 fully saturated rings. The van der Waals surface area contributed by atoms with Crippen LogP contribution in [-0.2, 0) is 38.4 Å². The van der Waals surface area contributed by atoms with Gasteiger partial charge < -0.3 is 20.8 Å². The van der Waals surface area contributed by atoms with Gasteiger partial charge in [0.1, 0.15) is 0 Å². The third-order valence-corrected chi connectivity index (χ3v) is 6.91. The van der Waals surface area contributed by atoms with Crippen molar-refractivity contribution in [3.8, 4) is 0 Å². The van der Waals surface area contributed by atoms with Crippen LogP contribution in [0.5, 0.6) is 0 Å². The van der Waals surface area contributed by atoms with Gasteiger partial charge in [-0.05, 0) is 38.5 Å². The Hall–Kier alpha value is -3.84. The Morgan fingerprint density at radius 2 is 1.00 bits per heavy atom. The van der Waals surface area contributed by atoms with E-state index in [9.17, 15) is 43.5 Å². The minimum atomic E-state index is -2.42. The Balaban J connectivity index is 1.73. The number of unbranched alkanes of at least 4 members (excludes halogenated alkanes) is 4. The van der Waals surface area contributed by atoms with Crippen molar-refractivity contribution >= 4 is 47.4 Å². The Bertz CT molecular complexity index is 943. The van der Waals surface area contributed by atoms with Crippen molar-refractivity contribution in [1.29, 1.82) is 0 Å². The average Bonchev–Trinajstić information content (AvgIpc) is 3.41. The van der Waals surface area contributed by atoms with Gasteiger partial charge in [-0.15, -0.1) is 0 Å². The third-order valence-electron chi connectivity index (χ3n) is 6.91. The summed E-state index contributed by atoms with van der Waals surface area (Å²) < 4.78 is 0. The van der Waals surface area contributed by atoms with Gasteiger partial charge >= 0.3 is 11.9 Å². The number of carbonyl (C=O) groups excluding carboxylic acids is 6. The molecule has 6 amide bonds. The number of likely N-dealkylation sites (tertiary alicyclic amines) is 2. The van der Waals surface area contributed by atoms with E-state index in [2.05, 4.69) is 10.6 Å². The second-order valence-electron chi connectivity index (χ2n) is 9.94. The van der Waals surface area contributed by atoms with Crippen LogP contribution in [0.2, 0.25) is 0 Å². The first-order valence-corrected chi connectivity index (χ1v) is 13.7. The van der Waals surface area contributed by atoms with Gasteiger partial charge in [0.25, 0.3) is 0 Å². The van der Waals surface area contributed by atoms with Crippen molar-refractivity contribution < 1.29 is 48.6 Å². The van der Waals surface area contributed by atoms with Crippen LogP contribution in [0.1, 0.15) is 96.3 Å². The topological polar surface area (TPSA) is 208 Å². The highest BCUT2D eigenvalue weighted by Gasteiger charge is 2.60. The zero-order valence-corrected chi connectivity index (χ0v) is 22.6. The molecule has 4 N–H and O–H groups in total. The summed E-state index contributed by atoms with van der Waals surface area (Å²) in [7, 11) is 0. The van der Waals surface area contributed by atoms with E-state index in [-0.39, 0.29) is 82.6 Å². The van der Waals surface area contributed by atoms with Crippen molar-refractivity contribution in [1.82, 2.24) is 20.4 Å². The lowest BCUT2D eigenvalue weighted by molar-refractivity contribution is -0.184. The summed E-state index contributed by atoms with van der Waals surface area (Å²) in [6.07, 6.45) is 2.79. The lowest BCUT2D eigenvalue weighted by Gasteiger charge is -2.42. The van der Waals surface area contributed by atoms with Gasteiger partial charge in [0.05, 0.1) is 0 Å². The van der Waals surface area contributed by atoms with Gasteiger partial charge in [0.2, 0.25) is 41.1 Å². The highest BCUT2D eigenvalue weighted by Crippen LogP contribution is 2.36. The summed E-state index contributed by atoms with van der Waals surface area (Å²) in [5.41, 5.74) is -2.42. The smallest absolute Gasteiger partial charge is 0.351 e. The van der Waals surface area contributed by atoms with Crippen molar-refractivity contribution in [3.63, 3.8) is 0 Å². The van der Waals surface area contributed by atoms with Crippen LogP contribution in [0.4, 0.5) is 0 Å². The Kier molecular flexibility index (Phi) is 12.7. The summed E-state index contributed by atoms with van der Waals surface area (Å²) in [5, 5.41) is 24.1. The van der Waals surface area contributed by atoms with E-state index in [1.807, 2.05) is 0 Å². The lowest BCUT2D eigenvalue weighted by Crippen LogP contribution is -2.68. The molecule has 2 heterocycles. The fourth-order valence-corrected chi connectivity index (χ4v) is 4.88. The number of hydrogen-bond acceptors (Lipinski definition) is 8. The second kappa shape index (κ2) is 15.7. The van der Waals surface area contributed by atoms with Crippen molar-refractivity contribution in [2.75, 3.05) is 13.1 Å². The molecule has 0 spiro atoms. The highest BCUT2D eigenvalue weighted by atomic mass is 16.4. The lowest BCUT2D eigenvalue weighted by atomic mass is 9.97. The molecule has 0 radical (unpaired) electrons. The van der Waals surface area contributed by atoms with Crippen LogP contribution in [0.3, 0.4) is 0 Å². The summed E-state index contributed by atoms with van der Waals surface area (Å²) in [4.78, 5) is 97.8. The molecular formula is C26H38N4O10. The third kappa shape index (κ3) is 8.85. The fourth-order valence-electron chi connectivity index (χ4n) is 4.88. The van der Waals surface area contributed by atoms with Crippen molar-refractivity contribution in [2.45, 2.75) is 102 Å². The molecule has 0 bridgehead atoms. The molecular weight excluding hydrogens is 528 g/mol. The SMILES string of the molecule is O=C(O)CCCCCNC(=O)CCCCC(=O)NCCCCC(C(=O)O)(N1C(=O)CCC1=O)N1C(=O)CCC1=O. The molecule has 2 saturated heterocycles. The fraction of sp³-hybridized carbons (Fsp3) is 0.692. The highest BCUT2D eigenvalue weighted by molar-refractivity contribution is 6.11. The molecule has 0 unspecified atom stereocenters. The van der Waals surface area contributed by atoms with Crippen LogP contribution < -0.4 is 10.6 Å². The first-order valence-electron chi connectivity index (χ1n) is 13.7. The predicted molar refractivity (Wildman–Crippen MR) is 137 cm³/mol. The number of aliphatic carboxylic acids is 2. The summed E-state index contributed by atoms with van der Waals surface area (Å²) in [6.45, 7) is 0.656. The van der Waals surface area contributed by atoms with Crippen LogP contribution in [0.25, 0.3) is 0 Å². The molecule has 0 aliphatic carbocycles. The maximum Gasteiger partial charge on any atom is 0.351 e. The Labute approximate surface area is 231 Å². The summed E-state index contributed by atoms with van der Waals surface area (Å²) >= 11 is 0. The van der Waals surface area contributed by atoms with Crippen molar-refractivity contribution in [2.24, 2.45) is 0 Å². The van der Waals surface area contributed by atoms with E-state index in [1.165, 1.54) is 0 Å². The number of imide groups is 2. The van der Waals surface area contributed by atoms with E-state index in [1.54, 1.807) is 0 Å². The molecule has 0 aromatic carbocycles. The monoisotopic (exact) mass is 566 g/mol. The van der Waals surface area contributed by atoms with E-state index >= 15 is 0 Å². The molecule has 2 aliphatic heterocycles. The van der Waals surface area contributed by atoms with Gasteiger partial charge in [-0.2, -0.15) is 0 Å². The molecule has 14 heteroatoms. The van der Waals surface area contributed by atoms with E-state index in [0.29, 0.717) is 48.4 Å². The van der Waals surface area contributed by atoms with Gasteiger partial charge in [0.15, 0.2) is 0 Å². The minimum absolute atomic E-state index is 0.108. The van der Waals surface area contributed by atoms with Crippen LogP contribution in [-0.4, -0.2) is 86.1 Å². The van der Waals surface area contributed by atoms with E-state index in [0.717, 1.165) is 0 Å². The van der Waals surface area contributed by atoms with Crippen LogP contribution in [0.15, 0.2) is 0 Å². The molecule has 0 aromatic rings. The molecule has 40 heavy (non-hydrogen) atoms. The number of hydrogen-bond donors (Lipinski definition) is 4. The molecule has 14 nitrogen and oxygen atoms in total. The number of nitrogens with zero attached hydrogens (tertiary/aromatic N) is 2. The molecule has 2 rings (SSSR count). The number of carboxylic acid groups (broad SMARTS) is 2. The van der Waals surface area contributed by atoms with E-state index in [4.69, 9.17) is 5.11 Å². The van der Waals surface area contributed by atoms with Crippen LogP contribution in [0, 0.1) is 0 Å². The van der Waals surface area contributed by atoms with Gasteiger partial charge in [-0.1, -0.05) is 6.42 Å². The average molecular weight is 567 g/mol. The van der Waals surface area contributed by atoms with E-state index < -0.39 is 41.2 Å². The molecule has 2 aliphatic rings. The minimum Gasteiger partial charge on any atom is -0.481 e. The zero-order valence-electron chi connectivity index (χ0n) is 22.6. The number of nitrogens with one attached hydrogen (secondary N) is 2. The summed E-state index contributed by atoms with van der Waals surface area (Å²) in [5.74, 6) is -5.87. The van der Waals surface area contributed by atoms with Gasteiger partial charge in [-0.3, -0.25) is 33.6 Å². The number of rotatable bonds is 19. The maximum absolute atomic E-state index is 12.5. The predicted octanol–water partition coefficient (Wildman–Crippen LogP) is 0.673. The largest absolute Gasteiger partial charge is 0.481 e. The maximum atomic E-state index is 12.5.